The van der Waals surface area contributed by atoms with E-state index < -0.39 is 28.4 Å². The van der Waals surface area contributed by atoms with Gasteiger partial charge in [-0.15, -0.1) is 5.10 Å². The fourth-order valence-electron chi connectivity index (χ4n) is 2.47. The van der Waals surface area contributed by atoms with Gasteiger partial charge in [0.1, 0.15) is 17.3 Å². The molecule has 1 unspecified atom stereocenters. The van der Waals surface area contributed by atoms with Crippen LogP contribution in [-0.4, -0.2) is 37.9 Å². The Balaban J connectivity index is 1.79. The molecule has 1 aromatic heterocycles. The number of hydrogen-bond acceptors (Lipinski definition) is 7. The van der Waals surface area contributed by atoms with E-state index in [9.17, 15) is 17.2 Å². The number of nitrogens with zero attached hydrogens (tertiary/aromatic N) is 2. The van der Waals surface area contributed by atoms with Crippen molar-refractivity contribution >= 4 is 27.6 Å². The summed E-state index contributed by atoms with van der Waals surface area (Å²) in [6, 6.07) is 3.36. The monoisotopic (exact) mass is 423 g/mol. The lowest BCUT2D eigenvalue weighted by Gasteiger charge is -2.23. The first-order chi connectivity index (χ1) is 12.8. The van der Waals surface area contributed by atoms with Gasteiger partial charge in [0, 0.05) is 11.6 Å². The average Bonchev–Trinajstić information content (AvgIpc) is 3.09. The van der Waals surface area contributed by atoms with Crippen LogP contribution in [0.1, 0.15) is 31.6 Å². The van der Waals surface area contributed by atoms with Gasteiger partial charge in [0.05, 0.1) is 6.10 Å². The second kappa shape index (κ2) is 8.36. The van der Waals surface area contributed by atoms with E-state index in [1.807, 2.05) is 4.72 Å². The van der Waals surface area contributed by atoms with Crippen molar-refractivity contribution in [2.75, 3.05) is 17.9 Å². The van der Waals surface area contributed by atoms with Crippen LogP contribution in [0.15, 0.2) is 27.5 Å². The van der Waals surface area contributed by atoms with Crippen molar-refractivity contribution in [3.05, 3.63) is 29.1 Å². The second-order valence-corrected chi connectivity index (χ2v) is 7.83. The topological polar surface area (TPSA) is 104 Å². The SMILES string of the molecule is O=S(=O)(Nc1nnc(C(F)F)o1)c1cc(Cl)ccc1OCC1CCCCO1. The Bertz CT molecular complexity index is 887. The number of nitrogens with one attached hydrogen (secondary N) is 1. The molecule has 1 aliphatic rings. The van der Waals surface area contributed by atoms with Gasteiger partial charge in [0.15, 0.2) is 0 Å². The van der Waals surface area contributed by atoms with Gasteiger partial charge in [-0.05, 0) is 37.5 Å². The smallest absolute Gasteiger partial charge is 0.329 e. The molecule has 27 heavy (non-hydrogen) atoms. The highest BCUT2D eigenvalue weighted by Gasteiger charge is 2.25. The fraction of sp³-hybridized carbons (Fsp3) is 0.467. The van der Waals surface area contributed by atoms with E-state index in [-0.39, 0.29) is 28.4 Å². The van der Waals surface area contributed by atoms with Crippen molar-refractivity contribution in [1.82, 2.24) is 10.2 Å². The quantitative estimate of drug-likeness (QED) is 0.727. The summed E-state index contributed by atoms with van der Waals surface area (Å²) in [7, 11) is -4.27. The van der Waals surface area contributed by atoms with E-state index in [2.05, 4.69) is 14.6 Å². The predicted octanol–water partition coefficient (Wildman–Crippen LogP) is 3.41. The molecule has 1 aromatic carbocycles. The molecule has 1 fully saturated rings. The zero-order valence-corrected chi connectivity index (χ0v) is 15.5. The maximum Gasteiger partial charge on any atom is 0.329 e. The van der Waals surface area contributed by atoms with Crippen molar-refractivity contribution in [2.24, 2.45) is 0 Å². The number of anilines is 1. The zero-order chi connectivity index (χ0) is 19.4. The van der Waals surface area contributed by atoms with Gasteiger partial charge >= 0.3 is 12.4 Å². The van der Waals surface area contributed by atoms with Crippen LogP contribution in [0, 0.1) is 0 Å². The summed E-state index contributed by atoms with van der Waals surface area (Å²) in [4.78, 5) is -0.289. The Labute approximate surface area is 158 Å². The third-order valence-electron chi connectivity index (χ3n) is 3.74. The van der Waals surface area contributed by atoms with Crippen molar-refractivity contribution < 1.29 is 31.1 Å². The minimum atomic E-state index is -4.27. The van der Waals surface area contributed by atoms with Crippen LogP contribution >= 0.6 is 11.6 Å². The van der Waals surface area contributed by atoms with Gasteiger partial charge < -0.3 is 13.9 Å². The molecule has 3 rings (SSSR count). The molecular formula is C15H16ClF2N3O5S. The maximum absolute atomic E-state index is 12.6. The van der Waals surface area contributed by atoms with Crippen LogP contribution in [0.3, 0.4) is 0 Å². The molecule has 1 atom stereocenters. The number of ether oxygens (including phenoxy) is 2. The Morgan fingerprint density at radius 1 is 1.33 bits per heavy atom. The van der Waals surface area contributed by atoms with Gasteiger partial charge in [-0.3, -0.25) is 0 Å². The van der Waals surface area contributed by atoms with Gasteiger partial charge in [-0.2, -0.15) is 8.78 Å². The Hall–Kier alpha value is -1.98. The highest BCUT2D eigenvalue weighted by Crippen LogP contribution is 2.30. The van der Waals surface area contributed by atoms with Gasteiger partial charge in [0.25, 0.3) is 15.9 Å². The molecule has 0 bridgehead atoms. The highest BCUT2D eigenvalue weighted by molar-refractivity contribution is 7.92. The number of hydrogen-bond donors (Lipinski definition) is 1. The lowest BCUT2D eigenvalue weighted by molar-refractivity contribution is -0.0116. The number of sulfonamides is 1. The van der Waals surface area contributed by atoms with Crippen LogP contribution in [0.5, 0.6) is 5.75 Å². The average molecular weight is 424 g/mol. The molecule has 8 nitrogen and oxygen atoms in total. The number of benzene rings is 1. The molecule has 1 saturated heterocycles. The summed E-state index contributed by atoms with van der Waals surface area (Å²) in [5, 5.41) is 6.45. The summed E-state index contributed by atoms with van der Waals surface area (Å²) in [5.74, 6) is -0.959. The molecule has 1 aliphatic heterocycles. The van der Waals surface area contributed by atoms with Crippen molar-refractivity contribution in [2.45, 2.75) is 36.7 Å². The lowest BCUT2D eigenvalue weighted by Crippen LogP contribution is -2.26. The third-order valence-corrected chi connectivity index (χ3v) is 5.32. The van der Waals surface area contributed by atoms with Crippen molar-refractivity contribution in [1.29, 1.82) is 0 Å². The highest BCUT2D eigenvalue weighted by atomic mass is 35.5. The predicted molar refractivity (Wildman–Crippen MR) is 90.6 cm³/mol. The molecule has 2 heterocycles. The molecule has 0 spiro atoms. The van der Waals surface area contributed by atoms with Gasteiger partial charge in [-0.1, -0.05) is 16.7 Å². The third kappa shape index (κ3) is 5.05. The van der Waals surface area contributed by atoms with Crippen molar-refractivity contribution in [3.63, 3.8) is 0 Å². The van der Waals surface area contributed by atoms with E-state index >= 15 is 0 Å². The molecule has 12 heteroatoms. The minimum Gasteiger partial charge on any atom is -0.489 e. The van der Waals surface area contributed by atoms with Crippen LogP contribution in [0.2, 0.25) is 5.02 Å². The number of aromatic nitrogens is 2. The lowest BCUT2D eigenvalue weighted by atomic mass is 10.1. The molecular weight excluding hydrogens is 408 g/mol. The zero-order valence-electron chi connectivity index (χ0n) is 13.9. The fourth-order valence-corrected chi connectivity index (χ4v) is 3.80. The van der Waals surface area contributed by atoms with E-state index in [0.29, 0.717) is 6.61 Å². The molecule has 0 aliphatic carbocycles. The summed E-state index contributed by atoms with van der Waals surface area (Å²) in [6.07, 6.45) is -0.359. The molecule has 0 saturated carbocycles. The number of rotatable bonds is 7. The Kier molecular flexibility index (Phi) is 6.12. The number of halogens is 3. The van der Waals surface area contributed by atoms with Crippen LogP contribution in [0.4, 0.5) is 14.8 Å². The van der Waals surface area contributed by atoms with Crippen LogP contribution in [-0.2, 0) is 14.8 Å². The first-order valence-electron chi connectivity index (χ1n) is 8.03. The number of alkyl halides is 2. The summed E-state index contributed by atoms with van der Waals surface area (Å²) >= 11 is 5.90. The summed E-state index contributed by atoms with van der Waals surface area (Å²) in [6.45, 7) is 0.797. The van der Waals surface area contributed by atoms with Gasteiger partial charge in [0.2, 0.25) is 0 Å². The standard InChI is InChI=1S/C15H16ClF2N3O5S/c16-9-4-5-11(25-8-10-3-1-2-6-24-10)12(7-9)27(22,23)21-15-20-19-14(26-15)13(17)18/h4-5,7,10,13H,1-3,6,8H2,(H,20,21). The van der Waals surface area contributed by atoms with E-state index in [1.54, 1.807) is 0 Å². The van der Waals surface area contributed by atoms with Crippen molar-refractivity contribution in [3.8, 4) is 5.75 Å². The van der Waals surface area contributed by atoms with E-state index in [0.717, 1.165) is 19.3 Å². The maximum atomic E-state index is 12.6. The summed E-state index contributed by atoms with van der Waals surface area (Å²) in [5.41, 5.74) is 0. The van der Waals surface area contributed by atoms with E-state index in [1.165, 1.54) is 18.2 Å². The first-order valence-corrected chi connectivity index (χ1v) is 9.89. The molecule has 1 N–H and O–H groups in total. The summed E-state index contributed by atoms with van der Waals surface area (Å²) < 4.78 is 67.9. The normalized spacial score (nSPS) is 17.9. The second-order valence-electron chi connectivity index (χ2n) is 5.74. The molecule has 2 aromatic rings. The van der Waals surface area contributed by atoms with Gasteiger partial charge in [-0.25, -0.2) is 13.1 Å². The largest absolute Gasteiger partial charge is 0.489 e. The molecule has 0 amide bonds. The van der Waals surface area contributed by atoms with E-state index in [4.69, 9.17) is 21.1 Å². The molecule has 0 radical (unpaired) electrons. The van der Waals surface area contributed by atoms with Crippen LogP contribution < -0.4 is 9.46 Å². The molecule has 148 valence electrons. The Morgan fingerprint density at radius 2 is 2.15 bits per heavy atom. The minimum absolute atomic E-state index is 0.0367. The van der Waals surface area contributed by atoms with Crippen LogP contribution in [0.25, 0.3) is 0 Å². The Morgan fingerprint density at radius 3 is 2.81 bits per heavy atom. The first kappa shape index (κ1) is 19.8.